The van der Waals surface area contributed by atoms with Crippen molar-refractivity contribution in [2.24, 2.45) is 0 Å². The molecular formula is C22H22FN3O. The molecule has 1 N–H and O–H groups in total. The van der Waals surface area contributed by atoms with Crippen LogP contribution < -0.4 is 5.32 Å². The summed E-state index contributed by atoms with van der Waals surface area (Å²) in [5.74, 6) is -0.298. The predicted molar refractivity (Wildman–Crippen MR) is 104 cm³/mol. The number of urea groups is 1. The van der Waals surface area contributed by atoms with Gasteiger partial charge in [0.15, 0.2) is 0 Å². The fourth-order valence-electron chi connectivity index (χ4n) is 3.00. The quantitative estimate of drug-likeness (QED) is 0.713. The number of nitrogens with one attached hydrogen (secondary N) is 1. The minimum Gasteiger partial charge on any atom is -0.331 e. The molecule has 5 heteroatoms. The summed E-state index contributed by atoms with van der Waals surface area (Å²) < 4.78 is 13.1. The highest BCUT2D eigenvalue weighted by atomic mass is 19.1. The predicted octanol–water partition coefficient (Wildman–Crippen LogP) is 4.71. The Balaban J connectivity index is 1.82. The summed E-state index contributed by atoms with van der Waals surface area (Å²) in [6.07, 6.45) is 1.72. The van der Waals surface area contributed by atoms with E-state index in [1.807, 2.05) is 55.5 Å². The van der Waals surface area contributed by atoms with Gasteiger partial charge in [-0.1, -0.05) is 48.5 Å². The van der Waals surface area contributed by atoms with E-state index < -0.39 is 0 Å². The van der Waals surface area contributed by atoms with Gasteiger partial charge in [-0.05, 0) is 42.3 Å². The van der Waals surface area contributed by atoms with Crippen LogP contribution >= 0.6 is 0 Å². The average Bonchev–Trinajstić information content (AvgIpc) is 2.70. The standard InChI is InChI=1S/C22H22FN3O/c1-16(17-11-13-19(23)14-12-17)25-22(27)26(2)21(18-8-4-3-5-9-18)20-10-6-7-15-24-20/h3-16,21H,1-2H3,(H,25,27). The van der Waals surface area contributed by atoms with E-state index in [1.165, 1.54) is 12.1 Å². The van der Waals surface area contributed by atoms with Gasteiger partial charge in [0, 0.05) is 13.2 Å². The first-order chi connectivity index (χ1) is 13.1. The van der Waals surface area contributed by atoms with Crippen LogP contribution in [0, 0.1) is 5.82 Å². The van der Waals surface area contributed by atoms with E-state index in [9.17, 15) is 9.18 Å². The minimum absolute atomic E-state index is 0.230. The molecule has 0 radical (unpaired) electrons. The molecule has 2 unspecified atom stereocenters. The van der Waals surface area contributed by atoms with E-state index in [1.54, 1.807) is 30.3 Å². The number of carbonyl (C=O) groups is 1. The summed E-state index contributed by atoms with van der Waals surface area (Å²) in [4.78, 5) is 19.0. The highest BCUT2D eigenvalue weighted by Crippen LogP contribution is 2.26. The van der Waals surface area contributed by atoms with Crippen molar-refractivity contribution in [1.82, 2.24) is 15.2 Å². The second-order valence-corrected chi connectivity index (χ2v) is 6.40. The van der Waals surface area contributed by atoms with E-state index in [0.717, 1.165) is 16.8 Å². The van der Waals surface area contributed by atoms with E-state index in [0.29, 0.717) is 0 Å². The molecule has 2 atom stereocenters. The molecule has 3 rings (SSSR count). The van der Waals surface area contributed by atoms with Crippen LogP contribution in [-0.4, -0.2) is 23.0 Å². The molecule has 138 valence electrons. The van der Waals surface area contributed by atoms with Crippen molar-refractivity contribution in [1.29, 1.82) is 0 Å². The molecule has 27 heavy (non-hydrogen) atoms. The third-order valence-electron chi connectivity index (χ3n) is 4.50. The van der Waals surface area contributed by atoms with Gasteiger partial charge < -0.3 is 10.2 Å². The largest absolute Gasteiger partial charge is 0.331 e. The maximum absolute atomic E-state index is 13.1. The Morgan fingerprint density at radius 2 is 1.63 bits per heavy atom. The zero-order valence-electron chi connectivity index (χ0n) is 15.3. The van der Waals surface area contributed by atoms with Crippen LogP contribution in [0.15, 0.2) is 79.0 Å². The Morgan fingerprint density at radius 3 is 2.26 bits per heavy atom. The van der Waals surface area contributed by atoms with Gasteiger partial charge in [-0.3, -0.25) is 4.98 Å². The van der Waals surface area contributed by atoms with Crippen molar-refractivity contribution in [3.05, 3.63) is 102 Å². The number of halogens is 1. The molecule has 0 aliphatic carbocycles. The number of pyridine rings is 1. The second-order valence-electron chi connectivity index (χ2n) is 6.40. The number of carbonyl (C=O) groups excluding carboxylic acids is 1. The summed E-state index contributed by atoms with van der Waals surface area (Å²) >= 11 is 0. The summed E-state index contributed by atoms with van der Waals surface area (Å²) in [6, 6.07) is 20.8. The number of hydrogen-bond donors (Lipinski definition) is 1. The second kappa shape index (κ2) is 8.45. The monoisotopic (exact) mass is 363 g/mol. The Morgan fingerprint density at radius 1 is 0.963 bits per heavy atom. The third kappa shape index (κ3) is 4.50. The van der Waals surface area contributed by atoms with Crippen LogP contribution in [0.3, 0.4) is 0 Å². The molecule has 0 spiro atoms. The normalized spacial score (nSPS) is 12.9. The van der Waals surface area contributed by atoms with Crippen molar-refractivity contribution in [3.8, 4) is 0 Å². The van der Waals surface area contributed by atoms with Gasteiger partial charge in [-0.2, -0.15) is 0 Å². The number of hydrogen-bond acceptors (Lipinski definition) is 2. The van der Waals surface area contributed by atoms with E-state index >= 15 is 0 Å². The van der Waals surface area contributed by atoms with Crippen molar-refractivity contribution in [2.45, 2.75) is 19.0 Å². The lowest BCUT2D eigenvalue weighted by Gasteiger charge is -2.29. The maximum Gasteiger partial charge on any atom is 0.318 e. The van der Waals surface area contributed by atoms with Crippen LogP contribution in [0.1, 0.15) is 35.8 Å². The first-order valence-electron chi connectivity index (χ1n) is 8.81. The van der Waals surface area contributed by atoms with Crippen LogP contribution in [0.25, 0.3) is 0 Å². The summed E-state index contributed by atoms with van der Waals surface area (Å²) in [6.45, 7) is 1.87. The molecule has 1 heterocycles. The Kier molecular flexibility index (Phi) is 5.81. The van der Waals surface area contributed by atoms with Gasteiger partial charge in [0.1, 0.15) is 11.9 Å². The molecular weight excluding hydrogens is 341 g/mol. The van der Waals surface area contributed by atoms with Crippen molar-refractivity contribution < 1.29 is 9.18 Å². The van der Waals surface area contributed by atoms with Gasteiger partial charge in [0.25, 0.3) is 0 Å². The van der Waals surface area contributed by atoms with Crippen LogP contribution in [-0.2, 0) is 0 Å². The minimum atomic E-state index is -0.312. The molecule has 0 bridgehead atoms. The molecule has 0 fully saturated rings. The summed E-state index contributed by atoms with van der Waals surface area (Å²) in [5.41, 5.74) is 2.60. The Labute approximate surface area is 158 Å². The number of nitrogens with zero attached hydrogens (tertiary/aromatic N) is 2. The lowest BCUT2D eigenvalue weighted by molar-refractivity contribution is 0.194. The fraction of sp³-hybridized carbons (Fsp3) is 0.182. The van der Waals surface area contributed by atoms with Gasteiger partial charge in [-0.15, -0.1) is 0 Å². The highest BCUT2D eigenvalue weighted by Gasteiger charge is 2.25. The SMILES string of the molecule is CC(NC(=O)N(C)C(c1ccccc1)c1ccccn1)c1ccc(F)cc1. The van der Waals surface area contributed by atoms with Crippen molar-refractivity contribution >= 4 is 6.03 Å². The van der Waals surface area contributed by atoms with Crippen molar-refractivity contribution in [3.63, 3.8) is 0 Å². The number of benzene rings is 2. The molecule has 0 aliphatic heterocycles. The smallest absolute Gasteiger partial charge is 0.318 e. The molecule has 3 aromatic rings. The van der Waals surface area contributed by atoms with Crippen LogP contribution in [0.4, 0.5) is 9.18 Å². The topological polar surface area (TPSA) is 45.2 Å². The van der Waals surface area contributed by atoms with Gasteiger partial charge >= 0.3 is 6.03 Å². The van der Waals surface area contributed by atoms with Crippen LogP contribution in [0.2, 0.25) is 0 Å². The first-order valence-corrected chi connectivity index (χ1v) is 8.81. The van der Waals surface area contributed by atoms with Gasteiger partial charge in [0.05, 0.1) is 11.7 Å². The number of rotatable bonds is 5. The van der Waals surface area contributed by atoms with E-state index in [2.05, 4.69) is 10.3 Å². The van der Waals surface area contributed by atoms with Crippen molar-refractivity contribution in [2.75, 3.05) is 7.05 Å². The first kappa shape index (κ1) is 18.6. The summed E-state index contributed by atoms with van der Waals surface area (Å²) in [7, 11) is 1.75. The van der Waals surface area contributed by atoms with Gasteiger partial charge in [0.2, 0.25) is 0 Å². The Hall–Kier alpha value is -3.21. The molecule has 4 nitrogen and oxygen atoms in total. The zero-order chi connectivity index (χ0) is 19.2. The maximum atomic E-state index is 13.1. The lowest BCUT2D eigenvalue weighted by Crippen LogP contribution is -2.41. The molecule has 0 aliphatic rings. The van der Waals surface area contributed by atoms with E-state index in [4.69, 9.17) is 0 Å². The molecule has 0 saturated heterocycles. The number of aromatic nitrogens is 1. The molecule has 1 aromatic heterocycles. The average molecular weight is 363 g/mol. The van der Waals surface area contributed by atoms with Gasteiger partial charge in [-0.25, -0.2) is 9.18 Å². The van der Waals surface area contributed by atoms with Crippen LogP contribution in [0.5, 0.6) is 0 Å². The highest BCUT2D eigenvalue weighted by molar-refractivity contribution is 5.75. The Bertz CT molecular complexity index is 830. The van der Waals surface area contributed by atoms with E-state index in [-0.39, 0.29) is 23.9 Å². The fourth-order valence-corrected chi connectivity index (χ4v) is 3.00. The summed E-state index contributed by atoms with van der Waals surface area (Å²) in [5, 5.41) is 2.97. The molecule has 2 aromatic carbocycles. The number of amides is 2. The lowest BCUT2D eigenvalue weighted by atomic mass is 10.0. The zero-order valence-corrected chi connectivity index (χ0v) is 15.3. The third-order valence-corrected chi connectivity index (χ3v) is 4.50. The molecule has 0 saturated carbocycles. The molecule has 2 amide bonds.